The van der Waals surface area contributed by atoms with Gasteiger partial charge >= 0.3 is 0 Å². The maximum atomic E-state index is 6.14. The standard InChI is InChI=1S/C13H14N2.C10H8/c14-13(15,11-7-3-1-4-8-11)12-9-5-2-6-10-12;1-2-6-10-8-4-3-7-9(10)5-1/h1-10H,14-15H2;1-8H. The molecule has 0 spiro atoms. The molecule has 4 aromatic rings. The summed E-state index contributed by atoms with van der Waals surface area (Å²) in [6.45, 7) is 0. The first-order valence-corrected chi connectivity index (χ1v) is 8.30. The Morgan fingerprint density at radius 1 is 0.400 bits per heavy atom. The van der Waals surface area contributed by atoms with Gasteiger partial charge in [0, 0.05) is 0 Å². The summed E-state index contributed by atoms with van der Waals surface area (Å²) in [5.41, 5.74) is 13.2. The van der Waals surface area contributed by atoms with Crippen LogP contribution in [0.3, 0.4) is 0 Å². The number of rotatable bonds is 2. The van der Waals surface area contributed by atoms with E-state index in [9.17, 15) is 0 Å². The SMILES string of the molecule is NC(N)(c1ccccc1)c1ccccc1.c1ccc2ccccc2c1. The lowest BCUT2D eigenvalue weighted by Gasteiger charge is -2.25. The largest absolute Gasteiger partial charge is 0.306 e. The fourth-order valence-electron chi connectivity index (χ4n) is 2.73. The quantitative estimate of drug-likeness (QED) is 0.527. The van der Waals surface area contributed by atoms with Crippen molar-refractivity contribution in [1.29, 1.82) is 0 Å². The van der Waals surface area contributed by atoms with Gasteiger partial charge in [-0.3, -0.25) is 0 Å². The van der Waals surface area contributed by atoms with Crippen LogP contribution >= 0.6 is 0 Å². The van der Waals surface area contributed by atoms with E-state index in [0.29, 0.717) is 0 Å². The van der Waals surface area contributed by atoms with Crippen LogP contribution < -0.4 is 11.5 Å². The zero-order valence-electron chi connectivity index (χ0n) is 14.0. The summed E-state index contributed by atoms with van der Waals surface area (Å²) in [6, 6.07) is 36.1. The van der Waals surface area contributed by atoms with Gasteiger partial charge in [0.2, 0.25) is 0 Å². The van der Waals surface area contributed by atoms with Crippen LogP contribution in [-0.4, -0.2) is 0 Å². The van der Waals surface area contributed by atoms with Gasteiger partial charge in [0.25, 0.3) is 0 Å². The monoisotopic (exact) mass is 326 g/mol. The van der Waals surface area contributed by atoms with Crippen molar-refractivity contribution < 1.29 is 0 Å². The highest BCUT2D eigenvalue weighted by atomic mass is 15.0. The van der Waals surface area contributed by atoms with Gasteiger partial charge in [-0.15, -0.1) is 0 Å². The van der Waals surface area contributed by atoms with Crippen molar-refractivity contribution in [2.24, 2.45) is 11.5 Å². The molecule has 0 saturated carbocycles. The molecule has 2 nitrogen and oxygen atoms in total. The molecule has 124 valence electrons. The predicted octanol–water partition coefficient (Wildman–Crippen LogP) is 4.64. The summed E-state index contributed by atoms with van der Waals surface area (Å²) < 4.78 is 0. The van der Waals surface area contributed by atoms with Gasteiger partial charge in [0.15, 0.2) is 0 Å². The van der Waals surface area contributed by atoms with Crippen molar-refractivity contribution in [2.45, 2.75) is 5.66 Å². The summed E-state index contributed by atoms with van der Waals surface area (Å²) in [5, 5.41) is 2.62. The van der Waals surface area contributed by atoms with Gasteiger partial charge in [-0.25, -0.2) is 0 Å². The van der Waals surface area contributed by atoms with E-state index in [-0.39, 0.29) is 0 Å². The van der Waals surface area contributed by atoms with Crippen molar-refractivity contribution in [3.8, 4) is 0 Å². The second kappa shape index (κ2) is 7.75. The number of fused-ring (bicyclic) bond motifs is 1. The minimum absolute atomic E-state index is 0.913. The molecule has 0 aliphatic rings. The van der Waals surface area contributed by atoms with Crippen LogP contribution in [0.5, 0.6) is 0 Å². The lowest BCUT2D eigenvalue weighted by Crippen LogP contribution is -2.46. The normalized spacial score (nSPS) is 10.8. The predicted molar refractivity (Wildman–Crippen MR) is 106 cm³/mol. The maximum Gasteiger partial charge on any atom is 0.116 e. The highest BCUT2D eigenvalue weighted by molar-refractivity contribution is 5.82. The van der Waals surface area contributed by atoms with Crippen LogP contribution in [0.15, 0.2) is 109 Å². The Morgan fingerprint density at radius 3 is 1.00 bits per heavy atom. The maximum absolute atomic E-state index is 6.14. The fraction of sp³-hybridized carbons (Fsp3) is 0.0435. The van der Waals surface area contributed by atoms with E-state index < -0.39 is 5.66 Å². The second-order valence-electron chi connectivity index (χ2n) is 5.95. The molecular weight excluding hydrogens is 304 g/mol. The average molecular weight is 326 g/mol. The average Bonchev–Trinajstić information content (AvgIpc) is 2.70. The zero-order valence-corrected chi connectivity index (χ0v) is 14.0. The molecule has 0 saturated heterocycles. The highest BCUT2D eigenvalue weighted by Crippen LogP contribution is 2.20. The van der Waals surface area contributed by atoms with E-state index in [1.807, 2.05) is 60.7 Å². The first-order chi connectivity index (χ1) is 12.2. The first kappa shape index (κ1) is 16.9. The summed E-state index contributed by atoms with van der Waals surface area (Å²) in [6.07, 6.45) is 0. The molecule has 0 radical (unpaired) electrons. The molecule has 0 bridgehead atoms. The van der Waals surface area contributed by atoms with Gasteiger partial charge in [-0.05, 0) is 21.9 Å². The van der Waals surface area contributed by atoms with Gasteiger partial charge < -0.3 is 11.5 Å². The van der Waals surface area contributed by atoms with Crippen LogP contribution in [0.4, 0.5) is 0 Å². The van der Waals surface area contributed by atoms with E-state index in [1.165, 1.54) is 10.8 Å². The van der Waals surface area contributed by atoms with Crippen LogP contribution in [0.2, 0.25) is 0 Å². The molecule has 0 unspecified atom stereocenters. The Kier molecular flexibility index (Phi) is 5.24. The van der Waals surface area contributed by atoms with E-state index in [4.69, 9.17) is 11.5 Å². The van der Waals surface area contributed by atoms with Crippen LogP contribution in [-0.2, 0) is 5.66 Å². The molecular formula is C23H22N2. The van der Waals surface area contributed by atoms with E-state index in [0.717, 1.165) is 11.1 Å². The van der Waals surface area contributed by atoms with Gasteiger partial charge in [0.05, 0.1) is 0 Å². The third kappa shape index (κ3) is 4.13. The van der Waals surface area contributed by atoms with Crippen molar-refractivity contribution in [3.63, 3.8) is 0 Å². The molecule has 4 aromatic carbocycles. The van der Waals surface area contributed by atoms with Crippen molar-refractivity contribution in [3.05, 3.63) is 120 Å². The number of nitrogens with two attached hydrogens (primary N) is 2. The molecule has 0 fully saturated rings. The number of hydrogen-bond donors (Lipinski definition) is 2. The van der Waals surface area contributed by atoms with Crippen LogP contribution in [0.25, 0.3) is 10.8 Å². The van der Waals surface area contributed by atoms with Crippen molar-refractivity contribution >= 4 is 10.8 Å². The zero-order chi connectivity index (χ0) is 17.5. The van der Waals surface area contributed by atoms with Crippen molar-refractivity contribution in [1.82, 2.24) is 0 Å². The number of benzene rings is 4. The molecule has 0 aromatic heterocycles. The second-order valence-corrected chi connectivity index (χ2v) is 5.95. The molecule has 4 N–H and O–H groups in total. The highest BCUT2D eigenvalue weighted by Gasteiger charge is 2.23. The summed E-state index contributed by atoms with van der Waals surface area (Å²) >= 11 is 0. The molecule has 2 heteroatoms. The van der Waals surface area contributed by atoms with E-state index in [2.05, 4.69) is 48.5 Å². The number of hydrogen-bond acceptors (Lipinski definition) is 2. The molecule has 0 amide bonds. The Balaban J connectivity index is 0.000000157. The Hall–Kier alpha value is -2.94. The Labute approximate surface area is 148 Å². The minimum atomic E-state index is -0.914. The van der Waals surface area contributed by atoms with Gasteiger partial charge in [0.1, 0.15) is 5.66 Å². The van der Waals surface area contributed by atoms with Gasteiger partial charge in [-0.1, -0.05) is 109 Å². The molecule has 0 aliphatic heterocycles. The third-order valence-electron chi connectivity index (χ3n) is 4.16. The summed E-state index contributed by atoms with van der Waals surface area (Å²) in [4.78, 5) is 0. The molecule has 25 heavy (non-hydrogen) atoms. The van der Waals surface area contributed by atoms with E-state index in [1.54, 1.807) is 0 Å². The molecule has 0 heterocycles. The smallest absolute Gasteiger partial charge is 0.116 e. The van der Waals surface area contributed by atoms with Crippen LogP contribution in [0, 0.1) is 0 Å². The topological polar surface area (TPSA) is 52.0 Å². The molecule has 4 rings (SSSR count). The lowest BCUT2D eigenvalue weighted by molar-refractivity contribution is 0.567. The minimum Gasteiger partial charge on any atom is -0.306 e. The first-order valence-electron chi connectivity index (χ1n) is 8.30. The summed E-state index contributed by atoms with van der Waals surface area (Å²) in [5.74, 6) is 0. The molecule has 0 aliphatic carbocycles. The van der Waals surface area contributed by atoms with Crippen LogP contribution in [0.1, 0.15) is 11.1 Å². The van der Waals surface area contributed by atoms with Crippen molar-refractivity contribution in [2.75, 3.05) is 0 Å². The Morgan fingerprint density at radius 2 is 0.680 bits per heavy atom. The molecule has 0 atom stereocenters. The lowest BCUT2D eigenvalue weighted by atomic mass is 9.93. The Bertz CT molecular complexity index is 809. The fourth-order valence-corrected chi connectivity index (χ4v) is 2.73. The summed E-state index contributed by atoms with van der Waals surface area (Å²) in [7, 11) is 0. The van der Waals surface area contributed by atoms with Gasteiger partial charge in [-0.2, -0.15) is 0 Å². The third-order valence-corrected chi connectivity index (χ3v) is 4.16. The van der Waals surface area contributed by atoms with E-state index >= 15 is 0 Å².